The number of hydrogen-bond donors (Lipinski definition) is 1. The molecular formula is C25H39N3O3. The fourth-order valence-corrected chi connectivity index (χ4v) is 5.19. The van der Waals surface area contributed by atoms with Crippen molar-refractivity contribution in [2.45, 2.75) is 77.7 Å². The Morgan fingerprint density at radius 2 is 2.03 bits per heavy atom. The van der Waals surface area contributed by atoms with Crippen LogP contribution in [0.5, 0.6) is 0 Å². The summed E-state index contributed by atoms with van der Waals surface area (Å²) in [6.07, 6.45) is 11.6. The van der Waals surface area contributed by atoms with Gasteiger partial charge in [-0.3, -0.25) is 10.1 Å². The molecule has 1 aliphatic carbocycles. The minimum Gasteiger partial charge on any atom is -0.450 e. The van der Waals surface area contributed by atoms with Crippen molar-refractivity contribution in [1.82, 2.24) is 4.90 Å². The molecule has 1 aromatic carbocycles. The second kappa shape index (κ2) is 12.0. The first-order chi connectivity index (χ1) is 15.1. The highest BCUT2D eigenvalue weighted by Gasteiger charge is 2.23. The van der Waals surface area contributed by atoms with Crippen LogP contribution in [0, 0.1) is 12.8 Å². The minimum atomic E-state index is -0.412. The van der Waals surface area contributed by atoms with Crippen LogP contribution >= 0.6 is 0 Å². The Morgan fingerprint density at radius 3 is 2.74 bits per heavy atom. The van der Waals surface area contributed by atoms with E-state index in [-0.39, 0.29) is 0 Å². The van der Waals surface area contributed by atoms with Crippen LogP contribution in [0.4, 0.5) is 16.2 Å². The predicted octanol–water partition coefficient (Wildman–Crippen LogP) is 5.35. The van der Waals surface area contributed by atoms with Gasteiger partial charge in [0.15, 0.2) is 0 Å². The molecule has 0 bridgehead atoms. The number of anilines is 2. The van der Waals surface area contributed by atoms with Crippen molar-refractivity contribution in [3.8, 4) is 0 Å². The number of hydrogen-bond acceptors (Lipinski definition) is 4. The normalized spacial score (nSPS) is 19.7. The van der Waals surface area contributed by atoms with Gasteiger partial charge in [-0.05, 0) is 82.1 Å². The molecule has 0 spiro atoms. The Bertz CT molecular complexity index is 718. The predicted molar refractivity (Wildman–Crippen MR) is 126 cm³/mol. The molecule has 172 valence electrons. The summed E-state index contributed by atoms with van der Waals surface area (Å²) >= 11 is 0. The molecule has 6 heteroatoms. The molecule has 1 saturated heterocycles. The number of benzene rings is 1. The third kappa shape index (κ3) is 6.88. The van der Waals surface area contributed by atoms with E-state index in [1.165, 1.54) is 62.6 Å². The summed E-state index contributed by atoms with van der Waals surface area (Å²) in [6, 6.07) is 6.55. The maximum atomic E-state index is 11.7. The SMILES string of the molecule is CCOC(=O)Nc1ccc(N2CCCC(CCCN(C=O)C3CCCCC3)C2)c(C)c1. The molecule has 1 N–H and O–H groups in total. The summed E-state index contributed by atoms with van der Waals surface area (Å²) in [7, 11) is 0. The molecule has 31 heavy (non-hydrogen) atoms. The second-order valence-electron chi connectivity index (χ2n) is 9.08. The highest BCUT2D eigenvalue weighted by Crippen LogP contribution is 2.30. The van der Waals surface area contributed by atoms with Gasteiger partial charge < -0.3 is 14.5 Å². The van der Waals surface area contributed by atoms with Crippen LogP contribution in [0.1, 0.15) is 70.3 Å². The second-order valence-corrected chi connectivity index (χ2v) is 9.08. The van der Waals surface area contributed by atoms with Crippen molar-refractivity contribution in [2.75, 3.05) is 36.5 Å². The quantitative estimate of drug-likeness (QED) is 0.538. The topological polar surface area (TPSA) is 61.9 Å². The van der Waals surface area contributed by atoms with Gasteiger partial charge in [-0.15, -0.1) is 0 Å². The summed E-state index contributed by atoms with van der Waals surface area (Å²) in [5, 5.41) is 2.78. The maximum absolute atomic E-state index is 11.7. The summed E-state index contributed by atoms with van der Waals surface area (Å²) in [6.45, 7) is 7.30. The average Bonchev–Trinajstić information content (AvgIpc) is 2.78. The van der Waals surface area contributed by atoms with E-state index in [1.54, 1.807) is 6.92 Å². The molecule has 1 aromatic rings. The Balaban J connectivity index is 1.49. The number of nitrogens with one attached hydrogen (secondary N) is 1. The van der Waals surface area contributed by atoms with Crippen LogP contribution in [-0.2, 0) is 9.53 Å². The van der Waals surface area contributed by atoms with Crippen LogP contribution < -0.4 is 10.2 Å². The van der Waals surface area contributed by atoms with E-state index in [0.717, 1.165) is 38.2 Å². The number of amides is 2. The average molecular weight is 430 g/mol. The molecule has 2 aliphatic rings. The van der Waals surface area contributed by atoms with Crippen molar-refractivity contribution >= 4 is 23.9 Å². The zero-order chi connectivity index (χ0) is 22.1. The number of piperidine rings is 1. The molecule has 1 unspecified atom stereocenters. The molecular weight excluding hydrogens is 390 g/mol. The third-order valence-electron chi connectivity index (χ3n) is 6.79. The van der Waals surface area contributed by atoms with Crippen LogP contribution in [0.2, 0.25) is 0 Å². The Kier molecular flexibility index (Phi) is 9.04. The van der Waals surface area contributed by atoms with E-state index in [1.807, 2.05) is 12.1 Å². The standard InChI is InChI=1S/C25H39N3O3/c1-3-31-25(30)26-22-13-14-24(20(2)17-22)27-15-7-9-21(18-27)10-8-16-28(19-29)23-11-5-4-6-12-23/h13-14,17,19,21,23H,3-12,15-16,18H2,1-2H3,(H,26,30). The molecule has 1 atom stereocenters. The van der Waals surface area contributed by atoms with E-state index in [0.29, 0.717) is 18.6 Å². The van der Waals surface area contributed by atoms with Gasteiger partial charge in [-0.2, -0.15) is 0 Å². The summed E-state index contributed by atoms with van der Waals surface area (Å²) in [5.74, 6) is 0.672. The zero-order valence-corrected chi connectivity index (χ0v) is 19.3. The third-order valence-corrected chi connectivity index (χ3v) is 6.79. The molecule has 6 nitrogen and oxygen atoms in total. The first-order valence-corrected chi connectivity index (χ1v) is 12.1. The van der Waals surface area contributed by atoms with Crippen LogP contribution in [0.15, 0.2) is 18.2 Å². The molecule has 1 saturated carbocycles. The van der Waals surface area contributed by atoms with Crippen molar-refractivity contribution in [3.05, 3.63) is 23.8 Å². The number of rotatable bonds is 9. The van der Waals surface area contributed by atoms with E-state index in [9.17, 15) is 9.59 Å². The highest BCUT2D eigenvalue weighted by atomic mass is 16.5. The first-order valence-electron chi connectivity index (χ1n) is 12.1. The van der Waals surface area contributed by atoms with Gasteiger partial charge in [0.25, 0.3) is 0 Å². The van der Waals surface area contributed by atoms with Crippen molar-refractivity contribution in [3.63, 3.8) is 0 Å². The molecule has 3 rings (SSSR count). The van der Waals surface area contributed by atoms with E-state index >= 15 is 0 Å². The molecule has 0 radical (unpaired) electrons. The molecule has 1 heterocycles. The van der Waals surface area contributed by atoms with Gasteiger partial charge in [0.2, 0.25) is 6.41 Å². The smallest absolute Gasteiger partial charge is 0.411 e. The number of carbonyl (C=O) groups excluding carboxylic acids is 2. The lowest BCUT2D eigenvalue weighted by Crippen LogP contribution is -2.38. The number of carbonyl (C=O) groups is 2. The zero-order valence-electron chi connectivity index (χ0n) is 19.3. The molecule has 2 amide bonds. The van der Waals surface area contributed by atoms with Gasteiger partial charge in [0, 0.05) is 37.1 Å². The van der Waals surface area contributed by atoms with Gasteiger partial charge in [0.1, 0.15) is 0 Å². The van der Waals surface area contributed by atoms with E-state index in [4.69, 9.17) is 4.74 Å². The minimum absolute atomic E-state index is 0.364. The highest BCUT2D eigenvalue weighted by molar-refractivity contribution is 5.85. The number of ether oxygens (including phenoxy) is 1. The molecule has 1 aliphatic heterocycles. The monoisotopic (exact) mass is 429 g/mol. The summed E-state index contributed by atoms with van der Waals surface area (Å²) < 4.78 is 4.96. The van der Waals surface area contributed by atoms with Crippen LogP contribution in [0.3, 0.4) is 0 Å². The Labute approximate surface area is 187 Å². The molecule has 0 aromatic heterocycles. The van der Waals surface area contributed by atoms with Gasteiger partial charge in [-0.1, -0.05) is 19.3 Å². The fraction of sp³-hybridized carbons (Fsp3) is 0.680. The summed E-state index contributed by atoms with van der Waals surface area (Å²) in [4.78, 5) is 27.8. The lowest BCUT2D eigenvalue weighted by Gasteiger charge is -2.36. The fourth-order valence-electron chi connectivity index (χ4n) is 5.19. The first kappa shape index (κ1) is 23.4. The largest absolute Gasteiger partial charge is 0.450 e. The van der Waals surface area contributed by atoms with E-state index < -0.39 is 6.09 Å². The van der Waals surface area contributed by atoms with Gasteiger partial charge in [0.05, 0.1) is 6.61 Å². The number of nitrogens with zero attached hydrogens (tertiary/aromatic N) is 2. The van der Waals surface area contributed by atoms with Crippen molar-refractivity contribution in [1.29, 1.82) is 0 Å². The van der Waals surface area contributed by atoms with Gasteiger partial charge >= 0.3 is 6.09 Å². The Morgan fingerprint density at radius 1 is 1.23 bits per heavy atom. The van der Waals surface area contributed by atoms with E-state index in [2.05, 4.69) is 28.1 Å². The lowest BCUT2D eigenvalue weighted by atomic mass is 9.91. The van der Waals surface area contributed by atoms with Gasteiger partial charge in [-0.25, -0.2) is 4.79 Å². The van der Waals surface area contributed by atoms with Crippen LogP contribution in [-0.4, -0.2) is 49.7 Å². The lowest BCUT2D eigenvalue weighted by molar-refractivity contribution is -0.120. The maximum Gasteiger partial charge on any atom is 0.411 e. The van der Waals surface area contributed by atoms with Crippen molar-refractivity contribution in [2.24, 2.45) is 5.92 Å². The number of aryl methyl sites for hydroxylation is 1. The summed E-state index contributed by atoms with van der Waals surface area (Å²) in [5.41, 5.74) is 3.18. The molecule has 2 fully saturated rings. The van der Waals surface area contributed by atoms with Crippen LogP contribution in [0.25, 0.3) is 0 Å². The Hall–Kier alpha value is -2.24. The van der Waals surface area contributed by atoms with Crippen molar-refractivity contribution < 1.29 is 14.3 Å².